The summed E-state index contributed by atoms with van der Waals surface area (Å²) in [5.74, 6) is 0. The van der Waals surface area contributed by atoms with Crippen LogP contribution in [0.2, 0.25) is 0 Å². The van der Waals surface area contributed by atoms with E-state index in [4.69, 9.17) is 4.74 Å². The SMILES string of the molecule is CC(C)NCCCOCCN1CCCCC1. The third-order valence-electron chi connectivity index (χ3n) is 3.02. The van der Waals surface area contributed by atoms with Crippen LogP contribution in [0, 0.1) is 0 Å². The van der Waals surface area contributed by atoms with Gasteiger partial charge >= 0.3 is 0 Å². The molecule has 0 spiro atoms. The zero-order valence-corrected chi connectivity index (χ0v) is 11.0. The first-order valence-corrected chi connectivity index (χ1v) is 6.82. The van der Waals surface area contributed by atoms with Crippen LogP contribution in [0.3, 0.4) is 0 Å². The molecule has 0 aliphatic carbocycles. The maximum Gasteiger partial charge on any atom is 0.0593 e. The molecule has 1 aliphatic rings. The molecule has 0 atom stereocenters. The van der Waals surface area contributed by atoms with Crippen LogP contribution in [0.5, 0.6) is 0 Å². The van der Waals surface area contributed by atoms with Crippen LogP contribution < -0.4 is 5.32 Å². The Balaban J connectivity index is 1.80. The second kappa shape index (κ2) is 8.97. The average molecular weight is 228 g/mol. The van der Waals surface area contributed by atoms with Crippen molar-refractivity contribution in [2.24, 2.45) is 0 Å². The molecule has 1 heterocycles. The minimum Gasteiger partial charge on any atom is -0.380 e. The largest absolute Gasteiger partial charge is 0.380 e. The van der Waals surface area contributed by atoms with Crippen molar-refractivity contribution in [1.82, 2.24) is 10.2 Å². The molecule has 1 aliphatic heterocycles. The first-order chi connectivity index (χ1) is 7.79. The average Bonchev–Trinajstić information content (AvgIpc) is 2.29. The van der Waals surface area contributed by atoms with E-state index in [9.17, 15) is 0 Å². The molecule has 1 N–H and O–H groups in total. The van der Waals surface area contributed by atoms with Gasteiger partial charge in [0.05, 0.1) is 6.61 Å². The quantitative estimate of drug-likeness (QED) is 0.642. The molecular weight excluding hydrogens is 200 g/mol. The summed E-state index contributed by atoms with van der Waals surface area (Å²) in [4.78, 5) is 2.52. The molecule has 96 valence electrons. The summed E-state index contributed by atoms with van der Waals surface area (Å²) in [6.45, 7) is 10.9. The van der Waals surface area contributed by atoms with Gasteiger partial charge in [-0.1, -0.05) is 20.3 Å². The monoisotopic (exact) mass is 228 g/mol. The number of likely N-dealkylation sites (tertiary alicyclic amines) is 1. The molecule has 3 nitrogen and oxygen atoms in total. The van der Waals surface area contributed by atoms with Crippen molar-refractivity contribution >= 4 is 0 Å². The molecule has 0 aromatic heterocycles. The second-order valence-corrected chi connectivity index (χ2v) is 4.98. The Bertz CT molecular complexity index is 156. The van der Waals surface area contributed by atoms with Gasteiger partial charge in [0, 0.05) is 19.2 Å². The van der Waals surface area contributed by atoms with Crippen molar-refractivity contribution in [3.8, 4) is 0 Å². The molecule has 1 fully saturated rings. The van der Waals surface area contributed by atoms with E-state index in [1.807, 2.05) is 0 Å². The number of hydrogen-bond acceptors (Lipinski definition) is 3. The predicted octanol–water partition coefficient (Wildman–Crippen LogP) is 1.88. The van der Waals surface area contributed by atoms with E-state index in [2.05, 4.69) is 24.1 Å². The molecule has 0 saturated carbocycles. The molecule has 0 aromatic carbocycles. The highest BCUT2D eigenvalue weighted by Gasteiger charge is 2.08. The normalized spacial score (nSPS) is 18.2. The summed E-state index contributed by atoms with van der Waals surface area (Å²) in [6.07, 6.45) is 5.28. The van der Waals surface area contributed by atoms with Crippen molar-refractivity contribution in [3.05, 3.63) is 0 Å². The van der Waals surface area contributed by atoms with Gasteiger partial charge in [0.25, 0.3) is 0 Å². The van der Waals surface area contributed by atoms with Crippen molar-refractivity contribution in [1.29, 1.82) is 0 Å². The fourth-order valence-corrected chi connectivity index (χ4v) is 2.04. The molecular formula is C13H28N2O. The van der Waals surface area contributed by atoms with Gasteiger partial charge < -0.3 is 15.0 Å². The Morgan fingerprint density at radius 3 is 2.56 bits per heavy atom. The Labute approximate surface area is 101 Å². The van der Waals surface area contributed by atoms with Gasteiger partial charge in [-0.2, -0.15) is 0 Å². The molecule has 16 heavy (non-hydrogen) atoms. The smallest absolute Gasteiger partial charge is 0.0593 e. The van der Waals surface area contributed by atoms with E-state index < -0.39 is 0 Å². The van der Waals surface area contributed by atoms with Crippen LogP contribution >= 0.6 is 0 Å². The van der Waals surface area contributed by atoms with Gasteiger partial charge in [-0.15, -0.1) is 0 Å². The van der Waals surface area contributed by atoms with Crippen LogP contribution in [0.15, 0.2) is 0 Å². The molecule has 0 amide bonds. The summed E-state index contributed by atoms with van der Waals surface area (Å²) in [5, 5.41) is 3.40. The summed E-state index contributed by atoms with van der Waals surface area (Å²) >= 11 is 0. The lowest BCUT2D eigenvalue weighted by Crippen LogP contribution is -2.32. The number of nitrogens with one attached hydrogen (secondary N) is 1. The van der Waals surface area contributed by atoms with Gasteiger partial charge in [0.1, 0.15) is 0 Å². The Hall–Kier alpha value is -0.120. The zero-order chi connectivity index (χ0) is 11.6. The maximum absolute atomic E-state index is 5.64. The fourth-order valence-electron chi connectivity index (χ4n) is 2.04. The Morgan fingerprint density at radius 1 is 1.12 bits per heavy atom. The lowest BCUT2D eigenvalue weighted by atomic mass is 10.1. The van der Waals surface area contributed by atoms with Gasteiger partial charge in [0.15, 0.2) is 0 Å². The van der Waals surface area contributed by atoms with Crippen LogP contribution in [0.1, 0.15) is 39.5 Å². The van der Waals surface area contributed by atoms with Gasteiger partial charge in [0.2, 0.25) is 0 Å². The molecule has 0 aromatic rings. The Morgan fingerprint density at radius 2 is 1.88 bits per heavy atom. The fraction of sp³-hybridized carbons (Fsp3) is 1.00. The standard InChI is InChI=1S/C13H28N2O/c1-13(2)14-7-6-11-16-12-10-15-8-4-3-5-9-15/h13-14H,3-12H2,1-2H3. The van der Waals surface area contributed by atoms with E-state index in [1.165, 1.54) is 32.4 Å². The van der Waals surface area contributed by atoms with E-state index in [0.717, 1.165) is 32.7 Å². The summed E-state index contributed by atoms with van der Waals surface area (Å²) in [6, 6.07) is 0.591. The lowest BCUT2D eigenvalue weighted by Gasteiger charge is -2.26. The summed E-state index contributed by atoms with van der Waals surface area (Å²) in [5.41, 5.74) is 0. The molecule has 1 saturated heterocycles. The van der Waals surface area contributed by atoms with E-state index >= 15 is 0 Å². The van der Waals surface area contributed by atoms with Crippen molar-refractivity contribution in [2.45, 2.75) is 45.6 Å². The molecule has 3 heteroatoms. The number of piperidine rings is 1. The molecule has 1 rings (SSSR count). The number of rotatable bonds is 8. The topological polar surface area (TPSA) is 24.5 Å². The molecule has 0 bridgehead atoms. The zero-order valence-electron chi connectivity index (χ0n) is 11.0. The van der Waals surface area contributed by atoms with E-state index in [-0.39, 0.29) is 0 Å². The highest BCUT2D eigenvalue weighted by molar-refractivity contribution is 4.63. The van der Waals surface area contributed by atoms with Crippen molar-refractivity contribution < 1.29 is 4.74 Å². The highest BCUT2D eigenvalue weighted by Crippen LogP contribution is 2.07. The van der Waals surface area contributed by atoms with Crippen LogP contribution in [-0.2, 0) is 4.74 Å². The van der Waals surface area contributed by atoms with E-state index in [0.29, 0.717) is 6.04 Å². The van der Waals surface area contributed by atoms with Crippen LogP contribution in [0.4, 0.5) is 0 Å². The summed E-state index contributed by atoms with van der Waals surface area (Å²) < 4.78 is 5.64. The second-order valence-electron chi connectivity index (χ2n) is 4.98. The first-order valence-electron chi connectivity index (χ1n) is 6.82. The first kappa shape index (κ1) is 13.9. The molecule has 0 unspecified atom stereocenters. The maximum atomic E-state index is 5.64. The predicted molar refractivity (Wildman–Crippen MR) is 68.9 cm³/mol. The third-order valence-corrected chi connectivity index (χ3v) is 3.02. The van der Waals surface area contributed by atoms with Gasteiger partial charge in [-0.05, 0) is 38.9 Å². The highest BCUT2D eigenvalue weighted by atomic mass is 16.5. The van der Waals surface area contributed by atoms with Gasteiger partial charge in [-0.3, -0.25) is 0 Å². The van der Waals surface area contributed by atoms with Crippen LogP contribution in [0.25, 0.3) is 0 Å². The summed E-state index contributed by atoms with van der Waals surface area (Å²) in [7, 11) is 0. The van der Waals surface area contributed by atoms with Gasteiger partial charge in [-0.25, -0.2) is 0 Å². The van der Waals surface area contributed by atoms with Crippen molar-refractivity contribution in [2.75, 3.05) is 39.4 Å². The van der Waals surface area contributed by atoms with Crippen LogP contribution in [-0.4, -0.2) is 50.3 Å². The minimum absolute atomic E-state index is 0.591. The third kappa shape index (κ3) is 7.20. The Kier molecular flexibility index (Phi) is 7.81. The number of ether oxygens (including phenoxy) is 1. The molecule has 0 radical (unpaired) electrons. The number of hydrogen-bond donors (Lipinski definition) is 1. The van der Waals surface area contributed by atoms with Crippen molar-refractivity contribution in [3.63, 3.8) is 0 Å². The lowest BCUT2D eigenvalue weighted by molar-refractivity contribution is 0.0947. The van der Waals surface area contributed by atoms with E-state index in [1.54, 1.807) is 0 Å². The minimum atomic E-state index is 0.591. The number of nitrogens with zero attached hydrogens (tertiary/aromatic N) is 1.